The molecule has 0 spiro atoms. The minimum absolute atomic E-state index is 0.250. The van der Waals surface area contributed by atoms with Gasteiger partial charge in [0.05, 0.1) is 13.2 Å². The summed E-state index contributed by atoms with van der Waals surface area (Å²) in [5, 5.41) is 7.57. The zero-order valence-electron chi connectivity index (χ0n) is 5.80. The molecule has 0 aromatic heterocycles. The fourth-order valence-electron chi connectivity index (χ4n) is 0.440. The summed E-state index contributed by atoms with van der Waals surface area (Å²) in [5.74, 6) is 0. The highest BCUT2D eigenvalue weighted by molar-refractivity contribution is 4.34. The lowest BCUT2D eigenvalue weighted by Crippen LogP contribution is -2.11. The van der Waals surface area contributed by atoms with Gasteiger partial charge in [0.1, 0.15) is 6.79 Å². The summed E-state index contributed by atoms with van der Waals surface area (Å²) in [5.41, 5.74) is 0. The first-order chi connectivity index (χ1) is 4.41. The van der Waals surface area contributed by atoms with Crippen LogP contribution in [0.2, 0.25) is 0 Å². The Morgan fingerprint density at radius 1 is 1.33 bits per heavy atom. The number of aliphatic hydroxyl groups excluding tert-OH is 1. The first-order valence-electron chi connectivity index (χ1n) is 3.18. The number of ether oxygens (including phenoxy) is 2. The van der Waals surface area contributed by atoms with E-state index in [0.717, 1.165) is 19.6 Å². The van der Waals surface area contributed by atoms with Gasteiger partial charge in [-0.3, -0.25) is 0 Å². The van der Waals surface area contributed by atoms with Crippen molar-refractivity contribution in [2.45, 2.75) is 13.3 Å². The topological polar surface area (TPSA) is 38.7 Å². The van der Waals surface area contributed by atoms with Crippen LogP contribution >= 0.6 is 0 Å². The molecule has 0 aliphatic carbocycles. The lowest BCUT2D eigenvalue weighted by Gasteiger charge is -2.09. The Balaban J connectivity index is 0.000000187. The summed E-state index contributed by atoms with van der Waals surface area (Å²) in [7, 11) is 0. The largest absolute Gasteiger partial charge is 0.397 e. The van der Waals surface area contributed by atoms with Crippen LogP contribution < -0.4 is 0 Å². The minimum Gasteiger partial charge on any atom is -0.397 e. The maximum absolute atomic E-state index is 7.57. The van der Waals surface area contributed by atoms with Crippen LogP contribution in [0, 0.1) is 0 Å². The van der Waals surface area contributed by atoms with Gasteiger partial charge in [0.25, 0.3) is 0 Å². The summed E-state index contributed by atoms with van der Waals surface area (Å²) in [6.45, 7) is 4.18. The first-order valence-corrected chi connectivity index (χ1v) is 3.18. The third kappa shape index (κ3) is 7.88. The van der Waals surface area contributed by atoms with Crippen LogP contribution in [0.1, 0.15) is 13.3 Å². The Morgan fingerprint density at radius 3 is 1.89 bits per heavy atom. The molecule has 1 aliphatic heterocycles. The molecule has 1 aliphatic rings. The molecule has 0 aromatic carbocycles. The van der Waals surface area contributed by atoms with E-state index in [1.165, 1.54) is 0 Å². The fourth-order valence-corrected chi connectivity index (χ4v) is 0.440. The molecule has 1 fully saturated rings. The van der Waals surface area contributed by atoms with Crippen molar-refractivity contribution in [3.05, 3.63) is 0 Å². The summed E-state index contributed by atoms with van der Waals surface area (Å²) in [6, 6.07) is 0. The van der Waals surface area contributed by atoms with Gasteiger partial charge >= 0.3 is 0 Å². The van der Waals surface area contributed by atoms with Gasteiger partial charge in [0.2, 0.25) is 0 Å². The minimum atomic E-state index is 0.250. The fraction of sp³-hybridized carbons (Fsp3) is 1.00. The Kier molecular flexibility index (Phi) is 7.77. The molecule has 3 heteroatoms. The Bertz CT molecular complexity index is 32.1. The molecule has 56 valence electrons. The van der Waals surface area contributed by atoms with Crippen LogP contribution in [0.25, 0.3) is 0 Å². The molecule has 0 saturated carbocycles. The Morgan fingerprint density at radius 2 is 1.78 bits per heavy atom. The smallest absolute Gasteiger partial charge is 0.146 e. The highest BCUT2D eigenvalue weighted by Crippen LogP contribution is 1.91. The maximum Gasteiger partial charge on any atom is 0.146 e. The molecular weight excluding hydrogens is 120 g/mol. The van der Waals surface area contributed by atoms with Crippen LogP contribution in [0.15, 0.2) is 0 Å². The molecule has 0 aromatic rings. The van der Waals surface area contributed by atoms with Gasteiger partial charge in [0, 0.05) is 6.61 Å². The average molecular weight is 134 g/mol. The summed E-state index contributed by atoms with van der Waals surface area (Å²) < 4.78 is 9.69. The van der Waals surface area contributed by atoms with Crippen LogP contribution in [0.4, 0.5) is 0 Å². The van der Waals surface area contributed by atoms with E-state index in [-0.39, 0.29) is 6.61 Å². The molecule has 0 atom stereocenters. The van der Waals surface area contributed by atoms with Crippen molar-refractivity contribution in [3.8, 4) is 0 Å². The van der Waals surface area contributed by atoms with E-state index in [0.29, 0.717) is 6.79 Å². The van der Waals surface area contributed by atoms with Gasteiger partial charge in [-0.1, -0.05) is 0 Å². The number of aliphatic hydroxyl groups is 1. The quantitative estimate of drug-likeness (QED) is 0.520. The van der Waals surface area contributed by atoms with Crippen molar-refractivity contribution in [2.75, 3.05) is 26.6 Å². The van der Waals surface area contributed by atoms with Gasteiger partial charge in [-0.25, -0.2) is 0 Å². The summed E-state index contributed by atoms with van der Waals surface area (Å²) >= 11 is 0. The molecule has 1 rings (SSSR count). The summed E-state index contributed by atoms with van der Waals surface area (Å²) in [4.78, 5) is 0. The first kappa shape index (κ1) is 8.88. The zero-order chi connectivity index (χ0) is 6.95. The monoisotopic (exact) mass is 134 g/mol. The van der Waals surface area contributed by atoms with Crippen LogP contribution in [-0.4, -0.2) is 31.7 Å². The van der Waals surface area contributed by atoms with E-state index in [1.807, 2.05) is 0 Å². The van der Waals surface area contributed by atoms with Gasteiger partial charge in [-0.2, -0.15) is 0 Å². The molecule has 1 N–H and O–H groups in total. The average Bonchev–Trinajstić information content (AvgIpc) is 1.93. The van der Waals surface area contributed by atoms with E-state index < -0.39 is 0 Å². The van der Waals surface area contributed by atoms with Gasteiger partial charge < -0.3 is 14.6 Å². The highest BCUT2D eigenvalue weighted by Gasteiger charge is 1.94. The second kappa shape index (κ2) is 7.88. The molecule has 3 nitrogen and oxygen atoms in total. The lowest BCUT2D eigenvalue weighted by atomic mass is 10.5. The van der Waals surface area contributed by atoms with Gasteiger partial charge in [-0.15, -0.1) is 0 Å². The number of hydrogen-bond acceptors (Lipinski definition) is 3. The van der Waals surface area contributed by atoms with E-state index in [4.69, 9.17) is 14.6 Å². The third-order valence-corrected chi connectivity index (χ3v) is 0.744. The van der Waals surface area contributed by atoms with Crippen LogP contribution in [0.3, 0.4) is 0 Å². The van der Waals surface area contributed by atoms with Gasteiger partial charge in [-0.05, 0) is 13.3 Å². The van der Waals surface area contributed by atoms with Crippen molar-refractivity contribution in [1.82, 2.24) is 0 Å². The lowest BCUT2D eigenvalue weighted by molar-refractivity contribution is -0.0963. The standard InChI is InChI=1S/C4H8O2.C2H6O/c1-2-5-4-6-3-1;1-2-3/h1-4H2;3H,2H2,1H3. The molecular formula is C6H14O3. The van der Waals surface area contributed by atoms with E-state index in [9.17, 15) is 0 Å². The van der Waals surface area contributed by atoms with Gasteiger partial charge in [0.15, 0.2) is 0 Å². The normalized spacial score (nSPS) is 18.0. The third-order valence-electron chi connectivity index (χ3n) is 0.744. The van der Waals surface area contributed by atoms with Crippen molar-refractivity contribution in [3.63, 3.8) is 0 Å². The van der Waals surface area contributed by atoms with E-state index >= 15 is 0 Å². The van der Waals surface area contributed by atoms with Crippen molar-refractivity contribution in [1.29, 1.82) is 0 Å². The van der Waals surface area contributed by atoms with Crippen molar-refractivity contribution >= 4 is 0 Å². The zero-order valence-corrected chi connectivity index (χ0v) is 5.80. The molecule has 0 bridgehead atoms. The maximum atomic E-state index is 7.57. The molecule has 1 heterocycles. The molecule has 1 saturated heterocycles. The second-order valence-electron chi connectivity index (χ2n) is 1.60. The van der Waals surface area contributed by atoms with Crippen LogP contribution in [-0.2, 0) is 9.47 Å². The molecule has 9 heavy (non-hydrogen) atoms. The number of rotatable bonds is 0. The van der Waals surface area contributed by atoms with Crippen molar-refractivity contribution in [2.24, 2.45) is 0 Å². The van der Waals surface area contributed by atoms with E-state index in [2.05, 4.69) is 0 Å². The molecule has 0 amide bonds. The highest BCUT2D eigenvalue weighted by atomic mass is 16.7. The predicted molar refractivity (Wildman–Crippen MR) is 34.1 cm³/mol. The molecule has 0 unspecified atom stereocenters. The Hall–Kier alpha value is -0.120. The predicted octanol–water partition coefficient (Wildman–Crippen LogP) is 0.379. The Labute approximate surface area is 55.6 Å². The van der Waals surface area contributed by atoms with Crippen molar-refractivity contribution < 1.29 is 14.6 Å². The SMILES string of the molecule is C1COCOC1.CCO. The van der Waals surface area contributed by atoms with E-state index in [1.54, 1.807) is 6.92 Å². The summed E-state index contributed by atoms with van der Waals surface area (Å²) in [6.07, 6.45) is 1.06. The second-order valence-corrected chi connectivity index (χ2v) is 1.60. The number of hydrogen-bond donors (Lipinski definition) is 1. The molecule has 0 radical (unpaired) electrons. The van der Waals surface area contributed by atoms with Crippen LogP contribution in [0.5, 0.6) is 0 Å².